The van der Waals surface area contributed by atoms with Crippen molar-refractivity contribution < 1.29 is 14.3 Å². The van der Waals surface area contributed by atoms with Crippen LogP contribution in [-0.4, -0.2) is 69.9 Å². The third-order valence-electron chi connectivity index (χ3n) is 6.62. The molecule has 0 spiro atoms. The van der Waals surface area contributed by atoms with E-state index in [0.29, 0.717) is 22.5 Å². The Morgan fingerprint density at radius 3 is 2.71 bits per heavy atom. The molecule has 1 amide bonds. The number of morpholine rings is 1. The smallest absolute Gasteiger partial charge is 0.399 e. The summed E-state index contributed by atoms with van der Waals surface area (Å²) >= 11 is 1.47. The number of carbonyl (C=O) groups excluding carboxylic acids is 1. The third-order valence-corrected chi connectivity index (χ3v) is 8.01. The van der Waals surface area contributed by atoms with E-state index in [1.54, 1.807) is 6.20 Å². The van der Waals surface area contributed by atoms with Crippen LogP contribution in [0.15, 0.2) is 55.1 Å². The van der Waals surface area contributed by atoms with Gasteiger partial charge in [-0.15, -0.1) is 11.3 Å². The minimum absolute atomic E-state index is 0.00111. The molecule has 1 aliphatic heterocycles. The first-order valence-electron chi connectivity index (χ1n) is 13.6. The Morgan fingerprint density at radius 2 is 1.93 bits per heavy atom. The van der Waals surface area contributed by atoms with Gasteiger partial charge in [0.1, 0.15) is 18.0 Å². The van der Waals surface area contributed by atoms with Crippen LogP contribution in [0.25, 0.3) is 5.82 Å². The van der Waals surface area contributed by atoms with Gasteiger partial charge in [0.25, 0.3) is 0 Å². The summed E-state index contributed by atoms with van der Waals surface area (Å²) in [6.45, 7) is 13.5. The Balaban J connectivity index is 1.22. The van der Waals surface area contributed by atoms with Crippen LogP contribution in [0.4, 0.5) is 27.9 Å². The number of rotatable bonds is 9. The van der Waals surface area contributed by atoms with Crippen LogP contribution in [0.1, 0.15) is 31.2 Å². The molecule has 12 heteroatoms. The number of carbonyl (C=O) groups is 1. The van der Waals surface area contributed by atoms with Crippen molar-refractivity contribution in [2.75, 3.05) is 55.3 Å². The van der Waals surface area contributed by atoms with E-state index in [9.17, 15) is 4.79 Å². The van der Waals surface area contributed by atoms with Crippen LogP contribution in [0.3, 0.4) is 0 Å². The number of amides is 1. The minimum atomic E-state index is -0.543. The standard InChI is InChI=1S/C29H36N8O3S/c1-20-5-6-21(34-28(38)40-26-8-7-23(41-26)29(2,3)4)17-22(20)35-27-31-10-12-37(27)25-18-24(32-19-33-25)30-9-11-36-13-15-39-16-14-36/h5-8,10,12,17-19H,9,11,13-16H2,1-4H3,(H,31,35)(H,34,38)(H,30,32,33). The number of ether oxygens (including phenoxy) is 2. The second kappa shape index (κ2) is 12.7. The maximum absolute atomic E-state index is 12.6. The summed E-state index contributed by atoms with van der Waals surface area (Å²) in [5.74, 6) is 2.00. The summed E-state index contributed by atoms with van der Waals surface area (Å²) in [4.78, 5) is 29.4. The lowest BCUT2D eigenvalue weighted by Gasteiger charge is -2.26. The summed E-state index contributed by atoms with van der Waals surface area (Å²) in [6, 6.07) is 11.3. The molecule has 0 unspecified atom stereocenters. The SMILES string of the molecule is Cc1ccc(NC(=O)Oc2ccc(C(C)(C)C)s2)cc1Nc1nccn1-c1cc(NCCN2CCOCC2)ncn1. The van der Waals surface area contributed by atoms with Crippen molar-refractivity contribution in [3.05, 3.63) is 65.6 Å². The molecular formula is C29H36N8O3S. The molecule has 0 aliphatic carbocycles. The van der Waals surface area contributed by atoms with Crippen molar-refractivity contribution in [1.29, 1.82) is 0 Å². The van der Waals surface area contributed by atoms with Crippen LogP contribution in [-0.2, 0) is 10.2 Å². The second-order valence-electron chi connectivity index (χ2n) is 10.8. The number of hydrogen-bond acceptors (Lipinski definition) is 10. The number of benzene rings is 1. The quantitative estimate of drug-likeness (QED) is 0.240. The number of thiophene rings is 1. The normalized spacial score (nSPS) is 14.0. The van der Waals surface area contributed by atoms with Crippen LogP contribution in [0.2, 0.25) is 0 Å². The molecule has 0 bridgehead atoms. The van der Waals surface area contributed by atoms with Gasteiger partial charge in [0.15, 0.2) is 5.06 Å². The Hall–Kier alpha value is -4.00. The van der Waals surface area contributed by atoms with Crippen molar-refractivity contribution >= 4 is 40.6 Å². The van der Waals surface area contributed by atoms with E-state index in [1.165, 1.54) is 17.7 Å². The monoisotopic (exact) mass is 576 g/mol. The number of imidazole rings is 1. The van der Waals surface area contributed by atoms with Crippen molar-refractivity contribution in [3.63, 3.8) is 0 Å². The first-order chi connectivity index (χ1) is 19.7. The van der Waals surface area contributed by atoms with Gasteiger partial charge in [-0.2, -0.15) is 0 Å². The van der Waals surface area contributed by atoms with Gasteiger partial charge < -0.3 is 20.1 Å². The van der Waals surface area contributed by atoms with Gasteiger partial charge in [-0.1, -0.05) is 26.8 Å². The zero-order chi connectivity index (χ0) is 28.8. The van der Waals surface area contributed by atoms with E-state index in [-0.39, 0.29) is 5.41 Å². The summed E-state index contributed by atoms with van der Waals surface area (Å²) in [7, 11) is 0. The fourth-order valence-corrected chi connectivity index (χ4v) is 5.20. The van der Waals surface area contributed by atoms with Crippen molar-refractivity contribution in [2.45, 2.75) is 33.1 Å². The molecular weight excluding hydrogens is 540 g/mol. The molecule has 1 fully saturated rings. The topological polar surface area (TPSA) is 118 Å². The van der Waals surface area contributed by atoms with Gasteiger partial charge >= 0.3 is 6.09 Å². The maximum atomic E-state index is 12.6. The highest BCUT2D eigenvalue weighted by molar-refractivity contribution is 7.14. The van der Waals surface area contributed by atoms with E-state index in [1.807, 2.05) is 54.1 Å². The first-order valence-corrected chi connectivity index (χ1v) is 14.4. The second-order valence-corrected chi connectivity index (χ2v) is 11.8. The van der Waals surface area contributed by atoms with Crippen LogP contribution >= 0.6 is 11.3 Å². The molecule has 1 aliphatic rings. The Morgan fingerprint density at radius 1 is 1.10 bits per heavy atom. The number of nitrogens with zero attached hydrogens (tertiary/aromatic N) is 5. The molecule has 5 rings (SSSR count). The van der Waals surface area contributed by atoms with Gasteiger partial charge in [0.05, 0.1) is 13.2 Å². The van der Waals surface area contributed by atoms with Crippen LogP contribution < -0.4 is 20.7 Å². The number of aromatic nitrogens is 4. The number of nitrogens with one attached hydrogen (secondary N) is 3. The lowest BCUT2D eigenvalue weighted by molar-refractivity contribution is 0.0398. The molecule has 11 nitrogen and oxygen atoms in total. The van der Waals surface area contributed by atoms with Crippen LogP contribution in [0.5, 0.6) is 5.06 Å². The van der Waals surface area contributed by atoms with E-state index in [2.05, 4.69) is 56.6 Å². The highest BCUT2D eigenvalue weighted by Crippen LogP contribution is 2.34. The van der Waals surface area contributed by atoms with Gasteiger partial charge in [-0.3, -0.25) is 14.8 Å². The van der Waals surface area contributed by atoms with E-state index in [0.717, 1.165) is 61.3 Å². The Kier molecular flexibility index (Phi) is 8.81. The molecule has 1 saturated heterocycles. The number of anilines is 4. The van der Waals surface area contributed by atoms with E-state index < -0.39 is 6.09 Å². The molecule has 4 aromatic rings. The highest BCUT2D eigenvalue weighted by atomic mass is 32.1. The average molecular weight is 577 g/mol. The minimum Gasteiger partial charge on any atom is -0.399 e. The van der Waals surface area contributed by atoms with Gasteiger partial charge in [0, 0.05) is 60.9 Å². The van der Waals surface area contributed by atoms with Crippen molar-refractivity contribution in [1.82, 2.24) is 24.4 Å². The summed E-state index contributed by atoms with van der Waals surface area (Å²) < 4.78 is 12.8. The molecule has 216 valence electrons. The predicted molar refractivity (Wildman–Crippen MR) is 162 cm³/mol. The molecule has 1 aromatic carbocycles. The zero-order valence-electron chi connectivity index (χ0n) is 23.8. The van der Waals surface area contributed by atoms with Gasteiger partial charge in [-0.25, -0.2) is 19.7 Å². The molecule has 41 heavy (non-hydrogen) atoms. The molecule has 0 radical (unpaired) electrons. The van der Waals surface area contributed by atoms with E-state index >= 15 is 0 Å². The molecule has 4 heterocycles. The largest absolute Gasteiger partial charge is 0.417 e. The lowest BCUT2D eigenvalue weighted by atomic mass is 9.95. The highest BCUT2D eigenvalue weighted by Gasteiger charge is 2.18. The summed E-state index contributed by atoms with van der Waals surface area (Å²) in [5.41, 5.74) is 2.38. The molecule has 3 aromatic heterocycles. The van der Waals surface area contributed by atoms with E-state index in [4.69, 9.17) is 9.47 Å². The summed E-state index contributed by atoms with van der Waals surface area (Å²) in [5, 5.41) is 10.1. The van der Waals surface area contributed by atoms with Gasteiger partial charge in [0.2, 0.25) is 5.95 Å². The zero-order valence-corrected chi connectivity index (χ0v) is 24.6. The van der Waals surface area contributed by atoms with Crippen LogP contribution in [0, 0.1) is 6.92 Å². The van der Waals surface area contributed by atoms with Crippen molar-refractivity contribution in [2.24, 2.45) is 0 Å². The Labute approximate surface area is 243 Å². The number of hydrogen-bond donors (Lipinski definition) is 3. The summed E-state index contributed by atoms with van der Waals surface area (Å²) in [6.07, 6.45) is 4.54. The predicted octanol–water partition coefficient (Wildman–Crippen LogP) is 5.43. The molecule has 0 atom stereocenters. The molecule has 3 N–H and O–H groups in total. The fraction of sp³-hybridized carbons (Fsp3) is 0.379. The van der Waals surface area contributed by atoms with Crippen molar-refractivity contribution in [3.8, 4) is 10.9 Å². The third kappa shape index (κ3) is 7.60. The fourth-order valence-electron chi connectivity index (χ4n) is 4.29. The average Bonchev–Trinajstić information content (AvgIpc) is 3.61. The molecule has 0 saturated carbocycles. The maximum Gasteiger partial charge on any atom is 0.417 e. The first kappa shape index (κ1) is 28.5. The Bertz CT molecular complexity index is 1470. The lowest BCUT2D eigenvalue weighted by Crippen LogP contribution is -2.39. The number of aryl methyl sites for hydroxylation is 1. The van der Waals surface area contributed by atoms with Gasteiger partial charge in [-0.05, 0) is 42.2 Å².